The lowest BCUT2D eigenvalue weighted by atomic mass is 9.87. The third-order valence-corrected chi connectivity index (χ3v) is 4.08. The molecule has 4 heteroatoms. The number of nitrogens with one attached hydrogen (secondary N) is 1. The van der Waals surface area contributed by atoms with Crippen LogP contribution in [0.15, 0.2) is 0 Å². The van der Waals surface area contributed by atoms with Gasteiger partial charge >= 0.3 is 0 Å². The Morgan fingerprint density at radius 1 is 1.35 bits per heavy atom. The summed E-state index contributed by atoms with van der Waals surface area (Å²) in [6.45, 7) is 11.6. The van der Waals surface area contributed by atoms with E-state index in [4.69, 9.17) is 0 Å². The predicted molar refractivity (Wildman–Crippen MR) is 67.5 cm³/mol. The molecule has 0 aromatic heterocycles. The Balaban J connectivity index is 3.17. The summed E-state index contributed by atoms with van der Waals surface area (Å²) in [5.74, 6) is -0.0329. The first kappa shape index (κ1) is 14.0. The normalized spacial score (nSPS) is 30.5. The Labute approximate surface area is 104 Å². The monoisotopic (exact) mass is 240 g/mol. The van der Waals surface area contributed by atoms with Crippen LogP contribution in [-0.4, -0.2) is 33.8 Å². The van der Waals surface area contributed by atoms with E-state index in [-0.39, 0.29) is 17.4 Å². The molecule has 1 heterocycles. The van der Waals surface area contributed by atoms with E-state index >= 15 is 0 Å². The molecule has 2 unspecified atom stereocenters. The molecule has 1 rings (SSSR count). The molecule has 0 saturated carbocycles. The zero-order chi connectivity index (χ0) is 13.4. The standard InChI is InChI=1S/C13H24N2O2/c1-7-12(4,5)15-9(3)10(16)14-13(6,8-2)11(15)17/h9H,7-8H2,1-6H3,(H,14,16). The minimum absolute atomic E-state index is 0.0268. The van der Waals surface area contributed by atoms with Crippen LogP contribution in [0.2, 0.25) is 0 Å². The zero-order valence-electron chi connectivity index (χ0n) is 11.8. The quantitative estimate of drug-likeness (QED) is 0.816. The average molecular weight is 240 g/mol. The molecule has 1 N–H and O–H groups in total. The maximum absolute atomic E-state index is 12.6. The lowest BCUT2D eigenvalue weighted by Gasteiger charge is -2.50. The molecular weight excluding hydrogens is 216 g/mol. The van der Waals surface area contributed by atoms with Crippen LogP contribution in [0.3, 0.4) is 0 Å². The molecule has 0 radical (unpaired) electrons. The highest BCUT2D eigenvalue weighted by atomic mass is 16.2. The second-order valence-corrected chi connectivity index (χ2v) is 5.69. The number of amides is 2. The molecule has 98 valence electrons. The van der Waals surface area contributed by atoms with Crippen molar-refractivity contribution in [2.75, 3.05) is 0 Å². The Morgan fingerprint density at radius 2 is 1.88 bits per heavy atom. The fraction of sp³-hybridized carbons (Fsp3) is 0.846. The molecule has 2 amide bonds. The number of carbonyl (C=O) groups is 2. The van der Waals surface area contributed by atoms with Gasteiger partial charge in [0.15, 0.2) is 0 Å². The summed E-state index contributed by atoms with van der Waals surface area (Å²) in [6, 6.07) is -0.392. The van der Waals surface area contributed by atoms with Crippen molar-refractivity contribution in [3.05, 3.63) is 0 Å². The van der Waals surface area contributed by atoms with E-state index in [1.807, 2.05) is 27.7 Å². The Kier molecular flexibility index (Phi) is 3.55. The van der Waals surface area contributed by atoms with Gasteiger partial charge in [0.1, 0.15) is 11.6 Å². The fourth-order valence-corrected chi connectivity index (χ4v) is 2.20. The van der Waals surface area contributed by atoms with Crippen LogP contribution >= 0.6 is 0 Å². The lowest BCUT2D eigenvalue weighted by Crippen LogP contribution is -2.72. The second-order valence-electron chi connectivity index (χ2n) is 5.69. The van der Waals surface area contributed by atoms with Gasteiger partial charge in [0.25, 0.3) is 0 Å². The van der Waals surface area contributed by atoms with E-state index in [1.165, 1.54) is 0 Å². The third-order valence-electron chi connectivity index (χ3n) is 4.08. The van der Waals surface area contributed by atoms with Crippen molar-refractivity contribution < 1.29 is 9.59 Å². The van der Waals surface area contributed by atoms with Gasteiger partial charge in [-0.15, -0.1) is 0 Å². The lowest BCUT2D eigenvalue weighted by molar-refractivity contribution is -0.160. The summed E-state index contributed by atoms with van der Waals surface area (Å²) in [6.07, 6.45) is 1.44. The van der Waals surface area contributed by atoms with Gasteiger partial charge in [-0.2, -0.15) is 0 Å². The number of nitrogens with zero attached hydrogens (tertiary/aromatic N) is 1. The second kappa shape index (κ2) is 4.31. The maximum Gasteiger partial charge on any atom is 0.249 e. The zero-order valence-corrected chi connectivity index (χ0v) is 11.8. The molecule has 0 bridgehead atoms. The highest BCUT2D eigenvalue weighted by Gasteiger charge is 2.49. The number of carbonyl (C=O) groups excluding carboxylic acids is 2. The van der Waals surface area contributed by atoms with Crippen LogP contribution in [0.4, 0.5) is 0 Å². The topological polar surface area (TPSA) is 49.4 Å². The van der Waals surface area contributed by atoms with Crippen molar-refractivity contribution in [1.29, 1.82) is 0 Å². The molecule has 0 spiro atoms. The highest BCUT2D eigenvalue weighted by molar-refractivity contribution is 5.99. The molecule has 4 nitrogen and oxygen atoms in total. The van der Waals surface area contributed by atoms with Gasteiger partial charge in [-0.05, 0) is 40.5 Å². The molecule has 0 aromatic carbocycles. The highest BCUT2D eigenvalue weighted by Crippen LogP contribution is 2.29. The molecule has 1 saturated heterocycles. The fourth-order valence-electron chi connectivity index (χ4n) is 2.20. The molecule has 1 aliphatic rings. The maximum atomic E-state index is 12.6. The van der Waals surface area contributed by atoms with E-state index < -0.39 is 11.6 Å². The molecule has 0 aliphatic carbocycles. The molecule has 0 aromatic rings. The van der Waals surface area contributed by atoms with Gasteiger partial charge in [0, 0.05) is 5.54 Å². The Hall–Kier alpha value is -1.06. The minimum atomic E-state index is -0.754. The van der Waals surface area contributed by atoms with E-state index in [9.17, 15) is 9.59 Å². The van der Waals surface area contributed by atoms with Crippen LogP contribution in [0.25, 0.3) is 0 Å². The average Bonchev–Trinajstić information content (AvgIpc) is 2.26. The summed E-state index contributed by atoms with van der Waals surface area (Å²) in [7, 11) is 0. The summed E-state index contributed by atoms with van der Waals surface area (Å²) >= 11 is 0. The van der Waals surface area contributed by atoms with Gasteiger partial charge in [-0.25, -0.2) is 0 Å². The number of hydrogen-bond acceptors (Lipinski definition) is 2. The van der Waals surface area contributed by atoms with Crippen LogP contribution in [0.5, 0.6) is 0 Å². The van der Waals surface area contributed by atoms with Crippen molar-refractivity contribution >= 4 is 11.8 Å². The third kappa shape index (κ3) is 2.17. The summed E-state index contributed by atoms with van der Waals surface area (Å²) in [5, 5.41) is 2.84. The number of piperazine rings is 1. The Morgan fingerprint density at radius 3 is 2.29 bits per heavy atom. The predicted octanol–water partition coefficient (Wildman–Crippen LogP) is 1.69. The van der Waals surface area contributed by atoms with Gasteiger partial charge in [-0.1, -0.05) is 13.8 Å². The Bertz CT molecular complexity index is 338. The summed E-state index contributed by atoms with van der Waals surface area (Å²) in [5.41, 5.74) is -1.04. The van der Waals surface area contributed by atoms with Crippen molar-refractivity contribution in [3.63, 3.8) is 0 Å². The molecule has 2 atom stereocenters. The first-order valence-electron chi connectivity index (χ1n) is 6.35. The van der Waals surface area contributed by atoms with Crippen LogP contribution in [0, 0.1) is 0 Å². The summed E-state index contributed by atoms with van der Waals surface area (Å²) < 4.78 is 0. The van der Waals surface area contributed by atoms with Gasteiger partial charge < -0.3 is 10.2 Å². The molecule has 17 heavy (non-hydrogen) atoms. The molecule has 1 fully saturated rings. The van der Waals surface area contributed by atoms with E-state index in [1.54, 1.807) is 18.7 Å². The SMILES string of the molecule is CCC1(C)NC(=O)C(C)N(C(C)(C)CC)C1=O. The van der Waals surface area contributed by atoms with Crippen molar-refractivity contribution in [2.24, 2.45) is 0 Å². The van der Waals surface area contributed by atoms with Gasteiger partial charge in [0.2, 0.25) is 11.8 Å². The first-order chi connectivity index (χ1) is 7.69. The van der Waals surface area contributed by atoms with E-state index in [2.05, 4.69) is 5.32 Å². The van der Waals surface area contributed by atoms with Crippen LogP contribution < -0.4 is 5.32 Å². The van der Waals surface area contributed by atoms with Crippen molar-refractivity contribution in [2.45, 2.75) is 71.5 Å². The van der Waals surface area contributed by atoms with E-state index in [0.717, 1.165) is 6.42 Å². The first-order valence-corrected chi connectivity index (χ1v) is 6.35. The van der Waals surface area contributed by atoms with Crippen molar-refractivity contribution in [3.8, 4) is 0 Å². The number of rotatable bonds is 3. The largest absolute Gasteiger partial charge is 0.340 e. The summed E-state index contributed by atoms with van der Waals surface area (Å²) in [4.78, 5) is 26.3. The van der Waals surface area contributed by atoms with Crippen LogP contribution in [0.1, 0.15) is 54.4 Å². The minimum Gasteiger partial charge on any atom is -0.340 e. The van der Waals surface area contributed by atoms with Gasteiger partial charge in [0.05, 0.1) is 0 Å². The molecular formula is C13H24N2O2. The van der Waals surface area contributed by atoms with Gasteiger partial charge in [-0.3, -0.25) is 9.59 Å². The van der Waals surface area contributed by atoms with Crippen LogP contribution in [-0.2, 0) is 9.59 Å². The van der Waals surface area contributed by atoms with Crippen molar-refractivity contribution in [1.82, 2.24) is 10.2 Å². The molecule has 1 aliphatic heterocycles. The smallest absolute Gasteiger partial charge is 0.249 e. The number of hydrogen-bond donors (Lipinski definition) is 1. The van der Waals surface area contributed by atoms with E-state index in [0.29, 0.717) is 6.42 Å².